The maximum Gasteiger partial charge on any atom is 0.240 e. The highest BCUT2D eigenvalue weighted by Gasteiger charge is 2.15. The van der Waals surface area contributed by atoms with Crippen LogP contribution in [-0.2, 0) is 16.0 Å². The Morgan fingerprint density at radius 2 is 1.71 bits per heavy atom. The number of amides is 2. The molecule has 2 aromatic carbocycles. The second-order valence-electron chi connectivity index (χ2n) is 5.39. The summed E-state index contributed by atoms with van der Waals surface area (Å²) >= 11 is 0. The number of rotatable bonds is 7. The highest BCUT2D eigenvalue weighted by atomic mass is 16.5. The number of benzene rings is 2. The first-order valence-electron chi connectivity index (χ1n) is 7.83. The fraction of sp³-hybridized carbons (Fsp3) is 0.263. The van der Waals surface area contributed by atoms with Crippen molar-refractivity contribution in [2.75, 3.05) is 25.1 Å². The average molecular weight is 326 g/mol. The molecule has 0 radical (unpaired) electrons. The van der Waals surface area contributed by atoms with Gasteiger partial charge in [0, 0.05) is 19.2 Å². The molecule has 0 aromatic heterocycles. The molecule has 0 spiro atoms. The Morgan fingerprint density at radius 3 is 2.29 bits per heavy atom. The summed E-state index contributed by atoms with van der Waals surface area (Å²) in [4.78, 5) is 25.4. The predicted octanol–water partition coefficient (Wildman–Crippen LogP) is 2.41. The van der Waals surface area contributed by atoms with Crippen molar-refractivity contribution >= 4 is 17.5 Å². The number of carbonyl (C=O) groups is 2. The summed E-state index contributed by atoms with van der Waals surface area (Å²) < 4.78 is 5.10. The molecule has 0 unspecified atom stereocenters. The molecule has 0 heterocycles. The quantitative estimate of drug-likeness (QED) is 0.850. The van der Waals surface area contributed by atoms with E-state index in [9.17, 15) is 9.59 Å². The number of methoxy groups -OCH3 is 1. The molecule has 5 nitrogen and oxygen atoms in total. The van der Waals surface area contributed by atoms with Gasteiger partial charge in [0.25, 0.3) is 0 Å². The summed E-state index contributed by atoms with van der Waals surface area (Å²) in [6.07, 6.45) is 0.759. The van der Waals surface area contributed by atoms with Crippen LogP contribution in [0.3, 0.4) is 0 Å². The largest absolute Gasteiger partial charge is 0.497 e. The van der Waals surface area contributed by atoms with Crippen molar-refractivity contribution < 1.29 is 14.3 Å². The Bertz CT molecular complexity index is 669. The van der Waals surface area contributed by atoms with Crippen molar-refractivity contribution in [3.8, 4) is 5.75 Å². The van der Waals surface area contributed by atoms with Gasteiger partial charge in [-0.15, -0.1) is 0 Å². The molecule has 0 atom stereocenters. The van der Waals surface area contributed by atoms with Crippen LogP contribution in [0.15, 0.2) is 54.6 Å². The Kier molecular flexibility index (Phi) is 6.37. The van der Waals surface area contributed by atoms with Gasteiger partial charge >= 0.3 is 0 Å². The number of hydrogen-bond acceptors (Lipinski definition) is 3. The zero-order chi connectivity index (χ0) is 17.4. The van der Waals surface area contributed by atoms with Crippen LogP contribution in [0.4, 0.5) is 5.69 Å². The highest BCUT2D eigenvalue weighted by molar-refractivity contribution is 5.97. The fourth-order valence-electron chi connectivity index (χ4n) is 2.34. The lowest BCUT2D eigenvalue weighted by atomic mass is 10.1. The van der Waals surface area contributed by atoms with Crippen LogP contribution in [0.5, 0.6) is 5.75 Å². The number of nitrogens with zero attached hydrogens (tertiary/aromatic N) is 1. The van der Waals surface area contributed by atoms with E-state index < -0.39 is 0 Å². The molecule has 0 bridgehead atoms. The third kappa shape index (κ3) is 5.12. The Labute approximate surface area is 142 Å². The summed E-state index contributed by atoms with van der Waals surface area (Å²) in [5, 5.41) is 2.85. The Balaban J connectivity index is 1.89. The fourth-order valence-corrected chi connectivity index (χ4v) is 2.34. The molecule has 5 heteroatoms. The third-order valence-electron chi connectivity index (χ3n) is 3.64. The molecule has 2 amide bonds. The van der Waals surface area contributed by atoms with E-state index in [0.717, 1.165) is 12.0 Å². The molecular formula is C19H22N2O3. The van der Waals surface area contributed by atoms with E-state index in [2.05, 4.69) is 5.32 Å². The van der Waals surface area contributed by atoms with Crippen molar-refractivity contribution in [1.29, 1.82) is 0 Å². The summed E-state index contributed by atoms with van der Waals surface area (Å²) in [5.41, 5.74) is 1.83. The van der Waals surface area contributed by atoms with Crippen LogP contribution in [0, 0.1) is 0 Å². The number of hydrogen-bond donors (Lipinski definition) is 1. The van der Waals surface area contributed by atoms with Gasteiger partial charge < -0.3 is 15.0 Å². The Morgan fingerprint density at radius 1 is 1.04 bits per heavy atom. The summed E-state index contributed by atoms with van der Waals surface area (Å²) in [7, 11) is 1.58. The van der Waals surface area contributed by atoms with Gasteiger partial charge in [0.15, 0.2) is 0 Å². The minimum atomic E-state index is -0.183. The number of anilines is 1. The molecule has 0 aliphatic heterocycles. The van der Waals surface area contributed by atoms with E-state index in [1.807, 2.05) is 30.3 Å². The number of ether oxygens (including phenoxy) is 1. The summed E-state index contributed by atoms with van der Waals surface area (Å²) in [6, 6.07) is 17.0. The normalized spacial score (nSPS) is 10.1. The number of carbonyl (C=O) groups excluding carboxylic acids is 2. The summed E-state index contributed by atoms with van der Waals surface area (Å²) in [6.45, 7) is 1.98. The standard InChI is InChI=1S/C19H22N2O3/c1-15(22)21(17-8-10-18(24-2)11-9-17)14-19(23)20-13-12-16-6-4-3-5-7-16/h3-11H,12-14H2,1-2H3,(H,20,23). The smallest absolute Gasteiger partial charge is 0.240 e. The summed E-state index contributed by atoms with van der Waals surface area (Å²) in [5.74, 6) is 0.338. The lowest BCUT2D eigenvalue weighted by Crippen LogP contribution is -2.40. The lowest BCUT2D eigenvalue weighted by molar-refractivity contribution is -0.123. The second-order valence-corrected chi connectivity index (χ2v) is 5.39. The molecule has 2 rings (SSSR count). The first-order chi connectivity index (χ1) is 11.6. The van der Waals surface area contributed by atoms with E-state index >= 15 is 0 Å². The first kappa shape index (κ1) is 17.5. The molecule has 0 fully saturated rings. The van der Waals surface area contributed by atoms with E-state index in [4.69, 9.17) is 4.74 Å². The number of nitrogens with one attached hydrogen (secondary N) is 1. The molecule has 0 saturated carbocycles. The topological polar surface area (TPSA) is 58.6 Å². The molecule has 24 heavy (non-hydrogen) atoms. The molecular weight excluding hydrogens is 304 g/mol. The minimum Gasteiger partial charge on any atom is -0.497 e. The van der Waals surface area contributed by atoms with Crippen LogP contribution in [0.1, 0.15) is 12.5 Å². The monoisotopic (exact) mass is 326 g/mol. The van der Waals surface area contributed by atoms with Gasteiger partial charge in [-0.3, -0.25) is 9.59 Å². The van der Waals surface area contributed by atoms with Gasteiger partial charge in [-0.25, -0.2) is 0 Å². The average Bonchev–Trinajstić information content (AvgIpc) is 2.60. The van der Waals surface area contributed by atoms with Crippen molar-refractivity contribution in [2.24, 2.45) is 0 Å². The molecule has 0 aliphatic rings. The van der Waals surface area contributed by atoms with Crippen molar-refractivity contribution in [3.05, 3.63) is 60.2 Å². The molecule has 126 valence electrons. The zero-order valence-corrected chi connectivity index (χ0v) is 14.0. The van der Waals surface area contributed by atoms with Crippen LogP contribution >= 0.6 is 0 Å². The zero-order valence-electron chi connectivity index (χ0n) is 14.0. The van der Waals surface area contributed by atoms with Gasteiger partial charge in [0.1, 0.15) is 12.3 Å². The molecule has 2 aromatic rings. The SMILES string of the molecule is COc1ccc(N(CC(=O)NCCc2ccccc2)C(C)=O)cc1. The van der Waals surface area contributed by atoms with Crippen LogP contribution in [-0.4, -0.2) is 32.0 Å². The van der Waals surface area contributed by atoms with Crippen molar-refractivity contribution in [1.82, 2.24) is 5.32 Å². The molecule has 0 aliphatic carbocycles. The first-order valence-corrected chi connectivity index (χ1v) is 7.83. The van der Waals surface area contributed by atoms with Gasteiger partial charge in [0.05, 0.1) is 7.11 Å². The lowest BCUT2D eigenvalue weighted by Gasteiger charge is -2.21. The van der Waals surface area contributed by atoms with Gasteiger partial charge in [0.2, 0.25) is 11.8 Å². The van der Waals surface area contributed by atoms with Crippen molar-refractivity contribution in [2.45, 2.75) is 13.3 Å². The highest BCUT2D eigenvalue weighted by Crippen LogP contribution is 2.19. The predicted molar refractivity (Wildman–Crippen MR) is 94.2 cm³/mol. The third-order valence-corrected chi connectivity index (χ3v) is 3.64. The van der Waals surface area contributed by atoms with E-state index in [-0.39, 0.29) is 18.4 Å². The van der Waals surface area contributed by atoms with Gasteiger partial charge in [-0.1, -0.05) is 30.3 Å². The maximum atomic E-state index is 12.1. The second kappa shape index (κ2) is 8.72. The van der Waals surface area contributed by atoms with Crippen molar-refractivity contribution in [3.63, 3.8) is 0 Å². The maximum absolute atomic E-state index is 12.1. The van der Waals surface area contributed by atoms with E-state index in [1.54, 1.807) is 31.4 Å². The van der Waals surface area contributed by atoms with Crippen LogP contribution in [0.2, 0.25) is 0 Å². The molecule has 0 saturated heterocycles. The van der Waals surface area contributed by atoms with E-state index in [1.165, 1.54) is 11.8 Å². The van der Waals surface area contributed by atoms with E-state index in [0.29, 0.717) is 18.0 Å². The van der Waals surface area contributed by atoms with Gasteiger partial charge in [-0.2, -0.15) is 0 Å². The van der Waals surface area contributed by atoms with Gasteiger partial charge in [-0.05, 0) is 36.2 Å². The molecule has 1 N–H and O–H groups in total. The minimum absolute atomic E-state index is 0.00352. The van der Waals surface area contributed by atoms with Crippen LogP contribution in [0.25, 0.3) is 0 Å². The Hall–Kier alpha value is -2.82. The van der Waals surface area contributed by atoms with Crippen LogP contribution < -0.4 is 15.0 Å².